The molecule has 0 atom stereocenters. The van der Waals surface area contributed by atoms with E-state index in [1.54, 1.807) is 13.8 Å². The van der Waals surface area contributed by atoms with Crippen LogP contribution >= 0.6 is 0 Å². The van der Waals surface area contributed by atoms with Crippen molar-refractivity contribution in [1.82, 2.24) is 0 Å². The van der Waals surface area contributed by atoms with Crippen molar-refractivity contribution in [2.45, 2.75) is 26.7 Å². The molecule has 4 heterocycles. The quantitative estimate of drug-likeness (QED) is 0.516. The molecule has 23 heavy (non-hydrogen) atoms. The number of carbonyl (C=O) groups is 3. The molecule has 7 nitrogen and oxygen atoms in total. The summed E-state index contributed by atoms with van der Waals surface area (Å²) in [6.45, 7) is 7.86. The molecule has 0 aromatic carbocycles. The number of esters is 2. The molecular formula is C16H26N2O5+2. The Labute approximate surface area is 135 Å². The van der Waals surface area contributed by atoms with Crippen LogP contribution < -0.4 is 9.80 Å². The maximum Gasteiger partial charge on any atom is 0.307 e. The number of nitrogens with one attached hydrogen (secondary N) is 2. The number of rotatable bonds is 6. The van der Waals surface area contributed by atoms with Crippen molar-refractivity contribution in [3.63, 3.8) is 0 Å². The summed E-state index contributed by atoms with van der Waals surface area (Å²) < 4.78 is 10.2. The second-order valence-electron chi connectivity index (χ2n) is 7.24. The minimum Gasteiger partial charge on any atom is -0.466 e. The monoisotopic (exact) mass is 326 g/mol. The van der Waals surface area contributed by atoms with Crippen LogP contribution in [0, 0.1) is 10.8 Å². The Morgan fingerprint density at radius 3 is 1.65 bits per heavy atom. The van der Waals surface area contributed by atoms with Crippen molar-refractivity contribution in [2.24, 2.45) is 10.8 Å². The van der Waals surface area contributed by atoms with Crippen LogP contribution in [-0.2, 0) is 23.9 Å². The third-order valence-electron chi connectivity index (χ3n) is 5.39. The van der Waals surface area contributed by atoms with E-state index >= 15 is 0 Å². The largest absolute Gasteiger partial charge is 0.466 e. The van der Waals surface area contributed by atoms with Gasteiger partial charge < -0.3 is 9.47 Å². The first-order valence-corrected chi connectivity index (χ1v) is 8.46. The minimum atomic E-state index is -0.668. The summed E-state index contributed by atoms with van der Waals surface area (Å²) in [4.78, 5) is 39.9. The zero-order valence-corrected chi connectivity index (χ0v) is 13.9. The fraction of sp³-hybridized carbons (Fsp3) is 0.812. The molecule has 0 unspecified atom stereocenters. The molecule has 0 aromatic rings. The molecule has 4 bridgehead atoms. The molecule has 4 fully saturated rings. The molecular weight excluding hydrogens is 300 g/mol. The van der Waals surface area contributed by atoms with Gasteiger partial charge in [-0.25, -0.2) is 0 Å². The fourth-order valence-electron chi connectivity index (χ4n) is 5.04. The number of carbonyl (C=O) groups excluding carboxylic acids is 3. The third kappa shape index (κ3) is 2.76. The van der Waals surface area contributed by atoms with Crippen molar-refractivity contribution in [3.05, 3.63) is 0 Å². The topological polar surface area (TPSA) is 78.6 Å². The van der Waals surface area contributed by atoms with Crippen molar-refractivity contribution in [3.8, 4) is 0 Å². The van der Waals surface area contributed by atoms with Crippen LogP contribution in [0.4, 0.5) is 0 Å². The number of piperidine rings is 2. The van der Waals surface area contributed by atoms with E-state index < -0.39 is 10.8 Å². The molecule has 7 heteroatoms. The van der Waals surface area contributed by atoms with E-state index in [0.29, 0.717) is 39.4 Å². The first-order chi connectivity index (χ1) is 10.9. The normalized spacial score (nSPS) is 37.7. The van der Waals surface area contributed by atoms with Gasteiger partial charge in [-0.1, -0.05) is 0 Å². The Bertz CT molecular complexity index is 477. The third-order valence-corrected chi connectivity index (χ3v) is 5.39. The van der Waals surface area contributed by atoms with E-state index in [1.165, 1.54) is 9.80 Å². The average Bonchev–Trinajstić information content (AvgIpc) is 2.44. The number of hydrogen-bond acceptors (Lipinski definition) is 5. The van der Waals surface area contributed by atoms with Gasteiger partial charge in [0, 0.05) is 0 Å². The lowest BCUT2D eigenvalue weighted by atomic mass is 9.59. The predicted molar refractivity (Wildman–Crippen MR) is 78.6 cm³/mol. The molecule has 0 spiro atoms. The fourth-order valence-corrected chi connectivity index (χ4v) is 5.04. The van der Waals surface area contributed by atoms with Gasteiger partial charge in [-0.3, -0.25) is 24.2 Å². The molecule has 4 rings (SSSR count). The Morgan fingerprint density at radius 2 is 1.30 bits per heavy atom. The van der Waals surface area contributed by atoms with E-state index in [9.17, 15) is 14.4 Å². The van der Waals surface area contributed by atoms with Crippen LogP contribution in [0.5, 0.6) is 0 Å². The highest BCUT2D eigenvalue weighted by molar-refractivity contribution is 5.97. The van der Waals surface area contributed by atoms with Crippen LogP contribution in [0.15, 0.2) is 0 Å². The first-order valence-electron chi connectivity index (χ1n) is 8.46. The lowest BCUT2D eigenvalue weighted by Gasteiger charge is -2.57. The van der Waals surface area contributed by atoms with E-state index in [2.05, 4.69) is 0 Å². The molecule has 0 aliphatic carbocycles. The summed E-state index contributed by atoms with van der Waals surface area (Å²) in [5.74, 6) is -0.538. The van der Waals surface area contributed by atoms with Gasteiger partial charge in [0.25, 0.3) is 0 Å². The summed E-state index contributed by atoms with van der Waals surface area (Å²) in [5, 5.41) is 0. The van der Waals surface area contributed by atoms with Gasteiger partial charge in [0.15, 0.2) is 5.78 Å². The van der Waals surface area contributed by atoms with Gasteiger partial charge in [-0.2, -0.15) is 0 Å². The SMILES string of the molecule is CCOC(=O)CC12C[NH+]3C[NH+](C1)CC(CC(=O)OCC)(C3)C2=O. The number of quaternary nitrogens is 2. The Morgan fingerprint density at radius 1 is 0.913 bits per heavy atom. The van der Waals surface area contributed by atoms with E-state index in [1.807, 2.05) is 0 Å². The van der Waals surface area contributed by atoms with Crippen LogP contribution in [0.2, 0.25) is 0 Å². The highest BCUT2D eigenvalue weighted by Gasteiger charge is 2.69. The summed E-state index contributed by atoms with van der Waals surface area (Å²) >= 11 is 0. The average molecular weight is 326 g/mol. The second kappa shape index (κ2) is 5.87. The number of ether oxygens (including phenoxy) is 2. The van der Waals surface area contributed by atoms with Crippen molar-refractivity contribution >= 4 is 17.7 Å². The van der Waals surface area contributed by atoms with Crippen LogP contribution in [0.3, 0.4) is 0 Å². The standard InChI is InChI=1S/C16H24N2O5/c1-3-22-12(19)5-15-7-17-9-16(14(15)21,6-13(20)23-4-2)10-18(8-15)11-17/h3-11H2,1-2H3/p+2. The van der Waals surface area contributed by atoms with Crippen LogP contribution in [0.25, 0.3) is 0 Å². The summed E-state index contributed by atoms with van der Waals surface area (Å²) in [6.07, 6.45) is 0.272. The van der Waals surface area contributed by atoms with E-state index in [4.69, 9.17) is 9.47 Å². The molecule has 0 radical (unpaired) electrons. The number of Topliss-reactive ketones (excluding diaryl/α,β-unsaturated/α-hetero) is 1. The summed E-state index contributed by atoms with van der Waals surface area (Å²) in [7, 11) is 0. The van der Waals surface area contributed by atoms with Crippen molar-refractivity contribution in [2.75, 3.05) is 46.1 Å². The molecule has 2 N–H and O–H groups in total. The van der Waals surface area contributed by atoms with Gasteiger partial charge in [0.1, 0.15) is 37.0 Å². The van der Waals surface area contributed by atoms with Gasteiger partial charge >= 0.3 is 11.9 Å². The van der Waals surface area contributed by atoms with E-state index in [-0.39, 0.29) is 30.6 Å². The van der Waals surface area contributed by atoms with Gasteiger partial charge in [0.2, 0.25) is 6.67 Å². The molecule has 128 valence electrons. The maximum atomic E-state index is 13.3. The maximum absolute atomic E-state index is 13.3. The lowest BCUT2D eigenvalue weighted by Crippen LogP contribution is -3.41. The van der Waals surface area contributed by atoms with Gasteiger partial charge in [-0.05, 0) is 13.8 Å². The Balaban J connectivity index is 1.84. The van der Waals surface area contributed by atoms with Crippen LogP contribution in [-0.4, -0.2) is 63.8 Å². The number of hydrogen-bond donors (Lipinski definition) is 2. The zero-order chi connectivity index (χ0) is 16.7. The zero-order valence-electron chi connectivity index (χ0n) is 13.9. The number of ketones is 1. The minimum absolute atomic E-state index is 0.0818. The van der Waals surface area contributed by atoms with E-state index in [0.717, 1.165) is 6.67 Å². The molecule has 4 aliphatic heterocycles. The summed E-state index contributed by atoms with van der Waals surface area (Å²) in [6, 6.07) is 0. The van der Waals surface area contributed by atoms with Crippen LogP contribution in [0.1, 0.15) is 26.7 Å². The van der Waals surface area contributed by atoms with Gasteiger partial charge in [0.05, 0.1) is 26.1 Å². The lowest BCUT2D eigenvalue weighted by molar-refractivity contribution is -1.14. The smallest absolute Gasteiger partial charge is 0.307 e. The molecule has 4 aliphatic rings. The molecule has 0 aromatic heterocycles. The highest BCUT2D eigenvalue weighted by atomic mass is 16.5. The van der Waals surface area contributed by atoms with Crippen molar-refractivity contribution in [1.29, 1.82) is 0 Å². The Kier molecular flexibility index (Phi) is 4.18. The second-order valence-corrected chi connectivity index (χ2v) is 7.24. The molecule has 0 amide bonds. The molecule has 4 saturated heterocycles. The van der Waals surface area contributed by atoms with Crippen molar-refractivity contribution < 1.29 is 33.7 Å². The predicted octanol–water partition coefficient (Wildman–Crippen LogP) is -2.80. The first kappa shape index (κ1) is 16.4. The summed E-state index contributed by atoms with van der Waals surface area (Å²) in [5.41, 5.74) is -1.34. The Hall–Kier alpha value is -1.47. The van der Waals surface area contributed by atoms with Gasteiger partial charge in [-0.15, -0.1) is 0 Å². The highest BCUT2D eigenvalue weighted by Crippen LogP contribution is 2.39. The molecule has 0 saturated carbocycles.